The predicted molar refractivity (Wildman–Crippen MR) is 113 cm³/mol. The van der Waals surface area contributed by atoms with E-state index in [1.165, 1.54) is 0 Å². The first-order valence-electron chi connectivity index (χ1n) is 10.3. The molecule has 4 atom stereocenters. The molecule has 0 aliphatic carbocycles. The molecular weight excluding hydrogens is 383 g/mol. The van der Waals surface area contributed by atoms with Gasteiger partial charge in [-0.1, -0.05) is 6.07 Å². The third kappa shape index (κ3) is 3.31. The van der Waals surface area contributed by atoms with Gasteiger partial charge < -0.3 is 15.3 Å². The lowest BCUT2D eigenvalue weighted by Gasteiger charge is -2.38. The van der Waals surface area contributed by atoms with Gasteiger partial charge in [-0.25, -0.2) is 9.37 Å². The molecule has 2 bridgehead atoms. The van der Waals surface area contributed by atoms with Crippen LogP contribution in [0.5, 0.6) is 5.75 Å². The number of aromatic hydroxyl groups is 1. The highest BCUT2D eigenvalue weighted by atomic mass is 19.1. The molecule has 2 N–H and O–H groups in total. The van der Waals surface area contributed by atoms with Crippen molar-refractivity contribution in [2.75, 3.05) is 11.9 Å². The molecule has 1 aromatic carbocycles. The van der Waals surface area contributed by atoms with Gasteiger partial charge in [-0.05, 0) is 37.0 Å². The Morgan fingerprint density at radius 3 is 2.73 bits per heavy atom. The van der Waals surface area contributed by atoms with Crippen molar-refractivity contribution in [3.8, 4) is 28.1 Å². The molecule has 156 valence electrons. The van der Waals surface area contributed by atoms with Crippen molar-refractivity contribution in [3.63, 3.8) is 0 Å². The van der Waals surface area contributed by atoms with Gasteiger partial charge in [-0.3, -0.25) is 9.67 Å². The summed E-state index contributed by atoms with van der Waals surface area (Å²) in [6.07, 6.45) is 8.72. The SMILES string of the molecule is CN(c1cnc(-c2ccc(-c3cnn(C)c3)cc2O)cn1)[C@@H]1C[C@H]2CC[C@H](N2)[C@@H]1F. The second-order valence-corrected chi connectivity index (χ2v) is 8.30. The summed E-state index contributed by atoms with van der Waals surface area (Å²) in [6, 6.07) is 5.58. The van der Waals surface area contributed by atoms with E-state index in [4.69, 9.17) is 0 Å². The number of anilines is 1. The summed E-state index contributed by atoms with van der Waals surface area (Å²) in [6.45, 7) is 0. The monoisotopic (exact) mass is 408 g/mol. The Morgan fingerprint density at radius 2 is 2.03 bits per heavy atom. The Hall–Kier alpha value is -3.00. The van der Waals surface area contributed by atoms with Crippen LogP contribution in [0.25, 0.3) is 22.4 Å². The number of fused-ring (bicyclic) bond motifs is 2. The lowest BCUT2D eigenvalue weighted by Crippen LogP contribution is -2.55. The fourth-order valence-corrected chi connectivity index (χ4v) is 4.66. The van der Waals surface area contributed by atoms with Crippen LogP contribution in [0.2, 0.25) is 0 Å². The van der Waals surface area contributed by atoms with Crippen LogP contribution in [-0.2, 0) is 7.05 Å². The molecule has 0 unspecified atom stereocenters. The normalized spacial score (nSPS) is 25.4. The highest BCUT2D eigenvalue weighted by Crippen LogP contribution is 2.34. The quantitative estimate of drug-likeness (QED) is 0.691. The lowest BCUT2D eigenvalue weighted by molar-refractivity contribution is 0.176. The number of benzene rings is 1. The molecule has 3 aromatic rings. The molecule has 2 saturated heterocycles. The minimum absolute atomic E-state index is 0.0568. The average Bonchev–Trinajstić information content (AvgIpc) is 3.37. The maximum atomic E-state index is 14.9. The first-order valence-corrected chi connectivity index (χ1v) is 10.3. The summed E-state index contributed by atoms with van der Waals surface area (Å²) < 4.78 is 16.6. The van der Waals surface area contributed by atoms with Crippen LogP contribution >= 0.6 is 0 Å². The van der Waals surface area contributed by atoms with Crippen molar-refractivity contribution in [2.45, 2.75) is 43.6 Å². The first kappa shape index (κ1) is 19.0. The second-order valence-electron chi connectivity index (χ2n) is 8.30. The van der Waals surface area contributed by atoms with Crippen molar-refractivity contribution in [3.05, 3.63) is 43.0 Å². The zero-order valence-electron chi connectivity index (χ0n) is 17.0. The Bertz CT molecular complexity index is 1050. The lowest BCUT2D eigenvalue weighted by atomic mass is 9.96. The van der Waals surface area contributed by atoms with Gasteiger partial charge in [0.1, 0.15) is 17.7 Å². The number of hydrogen-bond acceptors (Lipinski definition) is 6. The number of rotatable bonds is 4. The maximum absolute atomic E-state index is 14.9. The zero-order chi connectivity index (χ0) is 20.8. The maximum Gasteiger partial charge on any atom is 0.147 e. The number of piperidine rings is 1. The summed E-state index contributed by atoms with van der Waals surface area (Å²) >= 11 is 0. The van der Waals surface area contributed by atoms with Crippen LogP contribution in [0.15, 0.2) is 43.0 Å². The molecule has 4 heterocycles. The molecule has 0 amide bonds. The molecule has 2 aliphatic rings. The fourth-order valence-electron chi connectivity index (χ4n) is 4.66. The molecule has 2 fully saturated rings. The predicted octanol–water partition coefficient (Wildman–Crippen LogP) is 2.92. The van der Waals surface area contributed by atoms with Crippen LogP contribution in [0.1, 0.15) is 19.3 Å². The van der Waals surface area contributed by atoms with Gasteiger partial charge in [0.25, 0.3) is 0 Å². The number of aryl methyl sites for hydroxylation is 1. The van der Waals surface area contributed by atoms with E-state index in [9.17, 15) is 9.50 Å². The topological polar surface area (TPSA) is 79.1 Å². The summed E-state index contributed by atoms with van der Waals surface area (Å²) in [7, 11) is 3.73. The van der Waals surface area contributed by atoms with E-state index < -0.39 is 6.17 Å². The van der Waals surface area contributed by atoms with E-state index >= 15 is 0 Å². The third-order valence-electron chi connectivity index (χ3n) is 6.36. The van der Waals surface area contributed by atoms with Gasteiger partial charge >= 0.3 is 0 Å². The number of alkyl halides is 1. The number of nitrogens with zero attached hydrogens (tertiary/aromatic N) is 5. The molecule has 2 aromatic heterocycles. The third-order valence-corrected chi connectivity index (χ3v) is 6.36. The fraction of sp³-hybridized carbons (Fsp3) is 0.409. The standard InChI is InChI=1S/C22H25FN6O/c1-28-12-14(9-26-28)13-3-5-16(20(30)7-13)18-10-25-21(11-24-18)29(2)19-8-15-4-6-17(27-15)22(19)23/h3,5,7,9-12,15,17,19,22,27,30H,4,6,8H2,1-2H3/t15-,17+,19-,22+/m1/s1. The highest BCUT2D eigenvalue weighted by molar-refractivity contribution is 5.73. The number of aromatic nitrogens is 4. The summed E-state index contributed by atoms with van der Waals surface area (Å²) in [5.41, 5.74) is 2.99. The van der Waals surface area contributed by atoms with Gasteiger partial charge in [0.15, 0.2) is 0 Å². The molecule has 8 heteroatoms. The van der Waals surface area contributed by atoms with E-state index in [1.54, 1.807) is 29.3 Å². The summed E-state index contributed by atoms with van der Waals surface area (Å²) in [5, 5.41) is 18.1. The van der Waals surface area contributed by atoms with Crippen molar-refractivity contribution in [2.24, 2.45) is 7.05 Å². The second kappa shape index (κ2) is 7.36. The smallest absolute Gasteiger partial charge is 0.147 e. The van der Waals surface area contributed by atoms with Crippen molar-refractivity contribution < 1.29 is 9.50 Å². The minimum atomic E-state index is -0.917. The van der Waals surface area contributed by atoms with Crippen LogP contribution in [-0.4, -0.2) is 56.2 Å². The highest BCUT2D eigenvalue weighted by Gasteiger charge is 2.43. The summed E-state index contributed by atoms with van der Waals surface area (Å²) in [5.74, 6) is 0.768. The van der Waals surface area contributed by atoms with Gasteiger partial charge in [-0.15, -0.1) is 0 Å². The minimum Gasteiger partial charge on any atom is -0.507 e. The Kier molecular flexibility index (Phi) is 4.66. The van der Waals surface area contributed by atoms with Gasteiger partial charge in [-0.2, -0.15) is 5.10 Å². The molecular formula is C22H25FN6O. The largest absolute Gasteiger partial charge is 0.507 e. The van der Waals surface area contributed by atoms with E-state index in [-0.39, 0.29) is 17.8 Å². The average molecular weight is 408 g/mol. The Morgan fingerprint density at radius 1 is 1.17 bits per heavy atom. The van der Waals surface area contributed by atoms with Crippen molar-refractivity contribution in [1.29, 1.82) is 0 Å². The van der Waals surface area contributed by atoms with E-state index in [2.05, 4.69) is 20.4 Å². The van der Waals surface area contributed by atoms with Crippen molar-refractivity contribution in [1.82, 2.24) is 25.1 Å². The molecule has 0 radical (unpaired) electrons. The molecule has 7 nitrogen and oxygen atoms in total. The van der Waals surface area contributed by atoms with Crippen LogP contribution in [0, 0.1) is 0 Å². The molecule has 0 spiro atoms. The molecule has 2 aliphatic heterocycles. The number of nitrogens with one attached hydrogen (secondary N) is 1. The molecule has 0 saturated carbocycles. The Balaban J connectivity index is 1.36. The van der Waals surface area contributed by atoms with Crippen LogP contribution in [0.4, 0.5) is 10.2 Å². The van der Waals surface area contributed by atoms with E-state index in [0.29, 0.717) is 23.1 Å². The van der Waals surface area contributed by atoms with Gasteiger partial charge in [0, 0.05) is 43.5 Å². The van der Waals surface area contributed by atoms with Crippen LogP contribution < -0.4 is 10.2 Å². The number of phenolic OH excluding ortho intramolecular Hbond substituents is 1. The Labute approximate surface area is 174 Å². The first-order chi connectivity index (χ1) is 14.5. The van der Waals surface area contributed by atoms with Crippen molar-refractivity contribution >= 4 is 5.82 Å². The van der Waals surface area contributed by atoms with Gasteiger partial charge in [0.2, 0.25) is 0 Å². The van der Waals surface area contributed by atoms with Crippen LogP contribution in [0.3, 0.4) is 0 Å². The number of hydrogen-bond donors (Lipinski definition) is 2. The molecule has 5 rings (SSSR count). The van der Waals surface area contributed by atoms with E-state index in [1.807, 2.05) is 37.3 Å². The summed E-state index contributed by atoms with van der Waals surface area (Å²) in [4.78, 5) is 10.9. The molecule has 30 heavy (non-hydrogen) atoms. The number of phenols is 1. The van der Waals surface area contributed by atoms with E-state index in [0.717, 1.165) is 30.4 Å². The zero-order valence-corrected chi connectivity index (χ0v) is 17.0. The van der Waals surface area contributed by atoms with Gasteiger partial charge in [0.05, 0.1) is 30.3 Å². The number of halogens is 1.